The Hall–Kier alpha value is -0.420. The summed E-state index contributed by atoms with van der Waals surface area (Å²) < 4.78 is 10.9. The quantitative estimate of drug-likeness (QED) is 0.563. The highest BCUT2D eigenvalue weighted by Gasteiger charge is 2.04. The molecule has 2 atom stereocenters. The maximum absolute atomic E-state index is 10.9. The maximum atomic E-state index is 10.9. The van der Waals surface area contributed by atoms with Crippen LogP contribution >= 0.6 is 0 Å². The molecule has 0 aromatic heterocycles. The topological polar surface area (TPSA) is 86.2 Å². The Morgan fingerprint density at radius 2 is 2.18 bits per heavy atom. The number of nitrogens with two attached hydrogens (primary N) is 2. The third-order valence-corrected chi connectivity index (χ3v) is 2.40. The van der Waals surface area contributed by atoms with Crippen LogP contribution in [0.1, 0.15) is 13.3 Å². The Morgan fingerprint density at radius 1 is 1.64 bits per heavy atom. The van der Waals surface area contributed by atoms with Gasteiger partial charge in [0.1, 0.15) is 5.75 Å². The van der Waals surface area contributed by atoms with Crippen LogP contribution in [0, 0.1) is 0 Å². The second-order valence-electron chi connectivity index (χ2n) is 2.52. The summed E-state index contributed by atoms with van der Waals surface area (Å²) in [6.45, 7) is 1.83. The Bertz CT molecular complexity index is 159. The van der Waals surface area contributed by atoms with E-state index in [4.69, 9.17) is 11.5 Å². The molecular weight excluding hydrogens is 164 g/mol. The summed E-state index contributed by atoms with van der Waals surface area (Å²) in [5.41, 5.74) is 10.3. The highest BCUT2D eigenvalue weighted by molar-refractivity contribution is 7.85. The highest BCUT2D eigenvalue weighted by Crippen LogP contribution is 1.90. The molecule has 5 heteroatoms. The van der Waals surface area contributed by atoms with Crippen LogP contribution in [0.3, 0.4) is 0 Å². The normalized spacial score (nSPS) is 15.8. The molecule has 0 aliphatic carbocycles. The molecule has 11 heavy (non-hydrogen) atoms. The lowest BCUT2D eigenvalue weighted by molar-refractivity contribution is -0.115. The van der Waals surface area contributed by atoms with Gasteiger partial charge in [-0.3, -0.25) is 9.00 Å². The van der Waals surface area contributed by atoms with Crippen molar-refractivity contribution in [1.29, 1.82) is 0 Å². The van der Waals surface area contributed by atoms with Crippen molar-refractivity contribution in [3.63, 3.8) is 0 Å². The minimum absolute atomic E-state index is 0.0341. The fraction of sp³-hybridized carbons (Fsp3) is 0.833. The number of rotatable bonds is 5. The average Bonchev–Trinajstić information content (AvgIpc) is 1.82. The first kappa shape index (κ1) is 10.6. The number of carbonyl (C=O) groups excluding carboxylic acids is 1. The van der Waals surface area contributed by atoms with Gasteiger partial charge in [0.05, 0.1) is 0 Å². The molecule has 0 rings (SSSR count). The van der Waals surface area contributed by atoms with E-state index in [1.807, 2.05) is 6.92 Å². The minimum atomic E-state index is -1.13. The van der Waals surface area contributed by atoms with Crippen molar-refractivity contribution in [1.82, 2.24) is 0 Å². The first-order chi connectivity index (χ1) is 5.02. The second-order valence-corrected chi connectivity index (χ2v) is 4.10. The van der Waals surface area contributed by atoms with Crippen LogP contribution in [-0.2, 0) is 15.6 Å². The van der Waals surface area contributed by atoms with Crippen molar-refractivity contribution in [3.05, 3.63) is 0 Å². The van der Waals surface area contributed by atoms with Crippen molar-refractivity contribution in [2.75, 3.05) is 11.5 Å². The molecule has 0 radical (unpaired) electrons. The Morgan fingerprint density at radius 3 is 2.55 bits per heavy atom. The third kappa shape index (κ3) is 7.48. The second kappa shape index (κ2) is 5.26. The van der Waals surface area contributed by atoms with Crippen LogP contribution < -0.4 is 11.5 Å². The Labute approximate surface area is 68.8 Å². The van der Waals surface area contributed by atoms with E-state index in [0.29, 0.717) is 12.2 Å². The lowest BCUT2D eigenvalue weighted by atomic mass is 10.3. The molecule has 0 aliphatic rings. The maximum Gasteiger partial charge on any atom is 0.230 e. The van der Waals surface area contributed by atoms with Crippen LogP contribution in [0.25, 0.3) is 0 Å². The number of primary amides is 1. The van der Waals surface area contributed by atoms with Gasteiger partial charge in [-0.15, -0.1) is 0 Å². The molecule has 0 aliphatic heterocycles. The Kier molecular flexibility index (Phi) is 5.06. The van der Waals surface area contributed by atoms with E-state index in [1.54, 1.807) is 0 Å². The zero-order valence-electron chi connectivity index (χ0n) is 6.58. The highest BCUT2D eigenvalue weighted by atomic mass is 32.2. The summed E-state index contributed by atoms with van der Waals surface area (Å²) in [6, 6.07) is 0.0341. The number of hydrogen-bond donors (Lipinski definition) is 2. The first-order valence-corrected chi connectivity index (χ1v) is 4.90. The summed E-state index contributed by atoms with van der Waals surface area (Å²) >= 11 is 0. The predicted molar refractivity (Wildman–Crippen MR) is 45.3 cm³/mol. The van der Waals surface area contributed by atoms with Gasteiger partial charge in [-0.2, -0.15) is 0 Å². The van der Waals surface area contributed by atoms with Crippen LogP contribution in [0.15, 0.2) is 0 Å². The van der Waals surface area contributed by atoms with Gasteiger partial charge in [-0.05, 0) is 13.3 Å². The van der Waals surface area contributed by atoms with Gasteiger partial charge in [-0.25, -0.2) is 0 Å². The van der Waals surface area contributed by atoms with Crippen molar-refractivity contribution >= 4 is 16.7 Å². The van der Waals surface area contributed by atoms with Gasteiger partial charge < -0.3 is 11.5 Å². The molecule has 0 fully saturated rings. The van der Waals surface area contributed by atoms with E-state index in [0.717, 1.165) is 0 Å². The summed E-state index contributed by atoms with van der Waals surface area (Å²) in [7, 11) is -1.13. The van der Waals surface area contributed by atoms with Crippen LogP contribution in [0.4, 0.5) is 0 Å². The molecule has 0 heterocycles. The fourth-order valence-corrected chi connectivity index (χ4v) is 1.64. The molecule has 0 bridgehead atoms. The zero-order chi connectivity index (χ0) is 8.85. The molecular formula is C6H14N2O2S. The van der Waals surface area contributed by atoms with Gasteiger partial charge in [0.2, 0.25) is 5.91 Å². The van der Waals surface area contributed by atoms with E-state index in [9.17, 15) is 9.00 Å². The lowest BCUT2D eigenvalue weighted by Crippen LogP contribution is -2.24. The zero-order valence-corrected chi connectivity index (χ0v) is 7.39. The number of carbonyl (C=O) groups is 1. The number of amides is 1. The molecule has 4 N–H and O–H groups in total. The van der Waals surface area contributed by atoms with Crippen molar-refractivity contribution < 1.29 is 9.00 Å². The lowest BCUT2D eigenvalue weighted by Gasteiger charge is -2.02. The molecule has 0 spiro atoms. The van der Waals surface area contributed by atoms with E-state index in [1.165, 1.54) is 0 Å². The van der Waals surface area contributed by atoms with Gasteiger partial charge in [0, 0.05) is 22.6 Å². The van der Waals surface area contributed by atoms with Crippen molar-refractivity contribution in [3.8, 4) is 0 Å². The monoisotopic (exact) mass is 178 g/mol. The Balaban J connectivity index is 3.46. The largest absolute Gasteiger partial charge is 0.369 e. The third-order valence-electron chi connectivity index (χ3n) is 1.10. The van der Waals surface area contributed by atoms with E-state index >= 15 is 0 Å². The van der Waals surface area contributed by atoms with Crippen LogP contribution in [0.2, 0.25) is 0 Å². The SMILES string of the molecule is CC(N)CCS(=O)CC(N)=O. The van der Waals surface area contributed by atoms with Crippen LogP contribution in [-0.4, -0.2) is 27.7 Å². The molecule has 0 aromatic carbocycles. The van der Waals surface area contributed by atoms with Gasteiger partial charge in [-0.1, -0.05) is 0 Å². The minimum Gasteiger partial charge on any atom is -0.369 e. The molecule has 0 aromatic rings. The standard InChI is InChI=1S/C6H14N2O2S/c1-5(7)2-3-11(10)4-6(8)9/h5H,2-4,7H2,1H3,(H2,8,9). The van der Waals surface area contributed by atoms with E-state index < -0.39 is 16.7 Å². The van der Waals surface area contributed by atoms with E-state index in [2.05, 4.69) is 0 Å². The fourth-order valence-electron chi connectivity index (χ4n) is 0.548. The van der Waals surface area contributed by atoms with Crippen molar-refractivity contribution in [2.24, 2.45) is 11.5 Å². The molecule has 0 saturated carbocycles. The molecule has 0 saturated heterocycles. The molecule has 1 amide bonds. The van der Waals surface area contributed by atoms with Gasteiger partial charge in [0.15, 0.2) is 0 Å². The van der Waals surface area contributed by atoms with Gasteiger partial charge >= 0.3 is 0 Å². The van der Waals surface area contributed by atoms with Gasteiger partial charge in [0.25, 0.3) is 0 Å². The van der Waals surface area contributed by atoms with Crippen molar-refractivity contribution in [2.45, 2.75) is 19.4 Å². The first-order valence-electron chi connectivity index (χ1n) is 3.41. The molecule has 2 unspecified atom stereocenters. The predicted octanol–water partition coefficient (Wildman–Crippen LogP) is -1.04. The molecule has 4 nitrogen and oxygen atoms in total. The summed E-state index contributed by atoms with van der Waals surface area (Å²) in [4.78, 5) is 10.3. The molecule has 66 valence electrons. The van der Waals surface area contributed by atoms with E-state index in [-0.39, 0.29) is 11.8 Å². The summed E-state index contributed by atoms with van der Waals surface area (Å²) in [5.74, 6) is -0.110. The number of hydrogen-bond acceptors (Lipinski definition) is 3. The smallest absolute Gasteiger partial charge is 0.230 e. The summed E-state index contributed by atoms with van der Waals surface area (Å²) in [5, 5.41) is 0. The average molecular weight is 178 g/mol. The summed E-state index contributed by atoms with van der Waals surface area (Å²) in [6.07, 6.45) is 0.667. The van der Waals surface area contributed by atoms with Crippen LogP contribution in [0.5, 0.6) is 0 Å².